The van der Waals surface area contributed by atoms with Crippen LogP contribution < -0.4 is 5.56 Å². The highest BCUT2D eigenvalue weighted by molar-refractivity contribution is 7.18. The van der Waals surface area contributed by atoms with Crippen LogP contribution in [0, 0.1) is 13.8 Å². The molecule has 2 aromatic heterocycles. The van der Waals surface area contributed by atoms with E-state index in [0.29, 0.717) is 5.39 Å². The smallest absolute Gasteiger partial charge is 0.335 e. The molecule has 20 heavy (non-hydrogen) atoms. The van der Waals surface area contributed by atoms with Crippen LogP contribution in [0.2, 0.25) is 0 Å². The Morgan fingerprint density at radius 2 is 2.20 bits per heavy atom. The van der Waals surface area contributed by atoms with Crippen molar-refractivity contribution in [1.29, 1.82) is 0 Å². The van der Waals surface area contributed by atoms with Crippen LogP contribution in [0.15, 0.2) is 23.3 Å². The molecule has 6 heteroatoms. The number of carbonyl (C=O) groups is 1. The van der Waals surface area contributed by atoms with Gasteiger partial charge in [0.15, 0.2) is 0 Å². The molecule has 0 aliphatic heterocycles. The van der Waals surface area contributed by atoms with Crippen molar-refractivity contribution in [2.45, 2.75) is 27.3 Å². The molecule has 2 aromatic rings. The number of aryl methyl sites for hydroxylation is 2. The van der Waals surface area contributed by atoms with Gasteiger partial charge in [0.05, 0.1) is 24.9 Å². The average molecular weight is 292 g/mol. The Labute approximate surface area is 120 Å². The van der Waals surface area contributed by atoms with Crippen LogP contribution in [0.3, 0.4) is 0 Å². The molecular weight excluding hydrogens is 276 g/mol. The number of carbonyl (C=O) groups excluding carboxylic acids is 1. The number of thiophene rings is 1. The van der Waals surface area contributed by atoms with Crippen molar-refractivity contribution in [2.24, 2.45) is 0 Å². The van der Waals surface area contributed by atoms with Gasteiger partial charge in [0.2, 0.25) is 0 Å². The van der Waals surface area contributed by atoms with Crippen molar-refractivity contribution in [2.75, 3.05) is 6.61 Å². The van der Waals surface area contributed by atoms with Crippen molar-refractivity contribution in [1.82, 2.24) is 9.55 Å². The van der Waals surface area contributed by atoms with Gasteiger partial charge in [-0.15, -0.1) is 11.3 Å². The molecule has 0 aliphatic carbocycles. The monoisotopic (exact) mass is 292 g/mol. The van der Waals surface area contributed by atoms with E-state index in [1.54, 1.807) is 6.92 Å². The van der Waals surface area contributed by atoms with Crippen LogP contribution >= 0.6 is 11.3 Å². The molecule has 0 radical (unpaired) electrons. The summed E-state index contributed by atoms with van der Waals surface area (Å²) < 4.78 is 6.25. The molecule has 0 unspecified atom stereocenters. The molecule has 0 fully saturated rings. The third-order valence-corrected chi connectivity index (χ3v) is 4.20. The van der Waals surface area contributed by atoms with Gasteiger partial charge in [-0.2, -0.15) is 0 Å². The number of rotatable bonds is 4. The van der Waals surface area contributed by atoms with E-state index in [1.807, 2.05) is 13.8 Å². The average Bonchev–Trinajstić information content (AvgIpc) is 2.69. The minimum atomic E-state index is -0.488. The largest absolute Gasteiger partial charge is 0.463 e. The van der Waals surface area contributed by atoms with Gasteiger partial charge in [-0.1, -0.05) is 6.58 Å². The number of hydrogen-bond acceptors (Lipinski definition) is 5. The number of fused-ring (bicyclic) bond motifs is 1. The summed E-state index contributed by atoms with van der Waals surface area (Å²) in [7, 11) is 0. The van der Waals surface area contributed by atoms with Gasteiger partial charge in [0.25, 0.3) is 5.56 Å². The summed E-state index contributed by atoms with van der Waals surface area (Å²) in [5.41, 5.74) is 1.03. The maximum atomic E-state index is 12.4. The molecule has 2 rings (SSSR count). The van der Waals surface area contributed by atoms with Gasteiger partial charge in [0, 0.05) is 10.5 Å². The highest BCUT2D eigenvalue weighted by Crippen LogP contribution is 2.25. The van der Waals surface area contributed by atoms with Crippen LogP contribution in [0.1, 0.15) is 17.4 Å². The molecule has 106 valence electrons. The first-order valence-corrected chi connectivity index (χ1v) is 7.07. The molecular formula is C14H16N2O3S. The second kappa shape index (κ2) is 5.58. The normalized spacial score (nSPS) is 10.8. The lowest BCUT2D eigenvalue weighted by Gasteiger charge is -2.07. The van der Waals surface area contributed by atoms with Gasteiger partial charge in [-0.3, -0.25) is 9.36 Å². The van der Waals surface area contributed by atoms with E-state index < -0.39 is 5.97 Å². The van der Waals surface area contributed by atoms with Gasteiger partial charge in [-0.05, 0) is 26.3 Å². The molecule has 5 nitrogen and oxygen atoms in total. The van der Waals surface area contributed by atoms with Crippen LogP contribution in [-0.4, -0.2) is 22.1 Å². The van der Waals surface area contributed by atoms with E-state index in [9.17, 15) is 9.59 Å². The first kappa shape index (κ1) is 14.5. The van der Waals surface area contributed by atoms with Gasteiger partial charge in [-0.25, -0.2) is 9.78 Å². The van der Waals surface area contributed by atoms with E-state index in [1.165, 1.54) is 22.2 Å². The Balaban J connectivity index is 2.39. The maximum Gasteiger partial charge on any atom is 0.335 e. The van der Waals surface area contributed by atoms with Gasteiger partial charge in [0.1, 0.15) is 4.83 Å². The van der Waals surface area contributed by atoms with E-state index in [0.717, 1.165) is 15.3 Å². The molecule has 0 bridgehead atoms. The Morgan fingerprint density at radius 1 is 1.50 bits per heavy atom. The summed E-state index contributed by atoms with van der Waals surface area (Å²) in [6.45, 7) is 9.63. The Bertz CT molecular complexity index is 743. The van der Waals surface area contributed by atoms with Crippen LogP contribution in [0.5, 0.6) is 0 Å². The molecule has 0 atom stereocenters. The fourth-order valence-electron chi connectivity index (χ4n) is 1.89. The van der Waals surface area contributed by atoms with Crippen molar-refractivity contribution >= 4 is 27.5 Å². The summed E-state index contributed by atoms with van der Waals surface area (Å²) in [6, 6.07) is 0. The molecule has 0 amide bonds. The summed E-state index contributed by atoms with van der Waals surface area (Å²) >= 11 is 1.50. The lowest BCUT2D eigenvalue weighted by atomic mass is 10.2. The topological polar surface area (TPSA) is 61.2 Å². The molecule has 0 saturated carbocycles. The summed E-state index contributed by atoms with van der Waals surface area (Å²) in [6.07, 6.45) is 1.45. The minimum Gasteiger partial charge on any atom is -0.463 e. The van der Waals surface area contributed by atoms with Gasteiger partial charge < -0.3 is 4.74 Å². The highest BCUT2D eigenvalue weighted by atomic mass is 32.1. The Kier molecular flexibility index (Phi) is 4.04. The maximum absolute atomic E-state index is 12.4. The molecule has 2 heterocycles. The first-order chi connectivity index (χ1) is 9.45. The molecule has 0 aromatic carbocycles. The third-order valence-electron chi connectivity index (χ3n) is 3.08. The lowest BCUT2D eigenvalue weighted by molar-refractivity contribution is -0.138. The van der Waals surface area contributed by atoms with E-state index in [4.69, 9.17) is 4.74 Å². The summed E-state index contributed by atoms with van der Waals surface area (Å²) in [5, 5.41) is 0.617. The lowest BCUT2D eigenvalue weighted by Crippen LogP contribution is -2.23. The van der Waals surface area contributed by atoms with Crippen LogP contribution in [0.4, 0.5) is 0 Å². The Hall–Kier alpha value is -1.95. The fourth-order valence-corrected chi connectivity index (χ4v) is 2.87. The number of ether oxygens (including phenoxy) is 1. The van der Waals surface area contributed by atoms with Crippen molar-refractivity contribution in [3.05, 3.63) is 39.3 Å². The number of aromatic nitrogens is 2. The number of nitrogens with zero attached hydrogens (tertiary/aromatic N) is 2. The SMILES string of the molecule is C=C(Cn1cnc2sc(C)c(C)c2c1=O)C(=O)OCC. The quantitative estimate of drug-likeness (QED) is 0.640. The highest BCUT2D eigenvalue weighted by Gasteiger charge is 2.14. The molecule has 0 aliphatic rings. The van der Waals surface area contributed by atoms with Crippen LogP contribution in [-0.2, 0) is 16.1 Å². The summed E-state index contributed by atoms with van der Waals surface area (Å²) in [5.74, 6) is -0.488. The predicted octanol–water partition coefficient (Wildman–Crippen LogP) is 2.19. The minimum absolute atomic E-state index is 0.0922. The molecule has 0 saturated heterocycles. The zero-order valence-electron chi connectivity index (χ0n) is 11.7. The molecule has 0 spiro atoms. The van der Waals surface area contributed by atoms with E-state index in [-0.39, 0.29) is 24.3 Å². The van der Waals surface area contributed by atoms with E-state index >= 15 is 0 Å². The first-order valence-electron chi connectivity index (χ1n) is 6.25. The third kappa shape index (κ3) is 2.51. The summed E-state index contributed by atoms with van der Waals surface area (Å²) in [4.78, 5) is 30.0. The van der Waals surface area contributed by atoms with Crippen molar-refractivity contribution < 1.29 is 9.53 Å². The van der Waals surface area contributed by atoms with Crippen molar-refractivity contribution in [3.63, 3.8) is 0 Å². The second-order valence-electron chi connectivity index (χ2n) is 4.47. The second-order valence-corrected chi connectivity index (χ2v) is 5.67. The zero-order valence-corrected chi connectivity index (χ0v) is 12.5. The number of hydrogen-bond donors (Lipinski definition) is 0. The fraction of sp³-hybridized carbons (Fsp3) is 0.357. The standard InChI is InChI=1S/C14H16N2O3S/c1-5-19-14(18)8(2)6-16-7-15-12-11(13(16)17)9(3)10(4)20-12/h7H,2,5-6H2,1,3-4H3. The van der Waals surface area contributed by atoms with E-state index in [2.05, 4.69) is 11.6 Å². The van der Waals surface area contributed by atoms with Crippen molar-refractivity contribution in [3.8, 4) is 0 Å². The number of esters is 1. The van der Waals surface area contributed by atoms with Crippen LogP contribution in [0.25, 0.3) is 10.2 Å². The molecule has 0 N–H and O–H groups in total. The predicted molar refractivity (Wildman–Crippen MR) is 79.1 cm³/mol. The Morgan fingerprint density at radius 3 is 2.85 bits per heavy atom. The zero-order chi connectivity index (χ0) is 14.9. The van der Waals surface area contributed by atoms with Gasteiger partial charge >= 0.3 is 5.97 Å².